The Morgan fingerprint density at radius 3 is 2.43 bits per heavy atom. The number of carboxylic acid groups (broad SMARTS) is 1. The van der Waals surface area contributed by atoms with Crippen LogP contribution in [0.5, 0.6) is 17.4 Å². The quantitative estimate of drug-likeness (QED) is 0.880. The molecule has 0 aliphatic heterocycles. The number of benzene rings is 1. The maximum Gasteiger partial charge on any atom is 0.335 e. The molecule has 0 aliphatic rings. The molecule has 1 N–H and O–H groups in total. The summed E-state index contributed by atoms with van der Waals surface area (Å²) < 4.78 is 10.7. The Labute approximate surface area is 123 Å². The van der Waals surface area contributed by atoms with Crippen LogP contribution < -0.4 is 9.47 Å². The number of nitrogens with zero attached hydrogens (tertiary/aromatic N) is 1. The Morgan fingerprint density at radius 2 is 1.86 bits per heavy atom. The van der Waals surface area contributed by atoms with E-state index in [4.69, 9.17) is 14.6 Å². The summed E-state index contributed by atoms with van der Waals surface area (Å²) in [6.45, 7) is 2.01. The molecular formula is C16H17NO4. The average molecular weight is 287 g/mol. The molecule has 0 spiro atoms. The molecule has 0 atom stereocenters. The highest BCUT2D eigenvalue weighted by atomic mass is 16.5. The molecule has 2 rings (SSSR count). The maximum absolute atomic E-state index is 11.1. The summed E-state index contributed by atoms with van der Waals surface area (Å²) in [5.74, 6) is 0.590. The Bertz CT molecular complexity index is 623. The van der Waals surface area contributed by atoms with Gasteiger partial charge in [0.2, 0.25) is 5.88 Å². The van der Waals surface area contributed by atoms with Crippen molar-refractivity contribution < 1.29 is 19.4 Å². The fraction of sp³-hybridized carbons (Fsp3) is 0.250. The lowest BCUT2D eigenvalue weighted by Crippen LogP contribution is -2.02. The lowest BCUT2D eigenvalue weighted by molar-refractivity contribution is 0.0696. The summed E-state index contributed by atoms with van der Waals surface area (Å²) in [5, 5.41) is 9.14. The van der Waals surface area contributed by atoms with E-state index in [2.05, 4.69) is 4.98 Å². The van der Waals surface area contributed by atoms with Crippen LogP contribution in [0.25, 0.3) is 0 Å². The van der Waals surface area contributed by atoms with Crippen LogP contribution in [0.2, 0.25) is 0 Å². The van der Waals surface area contributed by atoms with Crippen molar-refractivity contribution in [3.05, 3.63) is 47.7 Å². The normalized spacial score (nSPS) is 10.2. The van der Waals surface area contributed by atoms with Gasteiger partial charge in [-0.25, -0.2) is 9.78 Å². The highest BCUT2D eigenvalue weighted by Gasteiger charge is 2.10. The van der Waals surface area contributed by atoms with Gasteiger partial charge in [-0.1, -0.05) is 13.3 Å². The summed E-state index contributed by atoms with van der Waals surface area (Å²) in [4.78, 5) is 15.5. The summed E-state index contributed by atoms with van der Waals surface area (Å²) >= 11 is 0. The van der Waals surface area contributed by atoms with Crippen LogP contribution in [0.3, 0.4) is 0 Å². The van der Waals surface area contributed by atoms with E-state index in [1.165, 1.54) is 6.07 Å². The molecule has 21 heavy (non-hydrogen) atoms. The van der Waals surface area contributed by atoms with Gasteiger partial charge in [-0.05, 0) is 36.8 Å². The predicted molar refractivity (Wildman–Crippen MR) is 78.3 cm³/mol. The molecule has 0 saturated heterocycles. The Kier molecular flexibility index (Phi) is 4.77. The molecule has 0 bridgehead atoms. The number of aromatic nitrogens is 1. The van der Waals surface area contributed by atoms with Crippen molar-refractivity contribution in [2.24, 2.45) is 0 Å². The number of hydrogen-bond donors (Lipinski definition) is 1. The third kappa shape index (κ3) is 3.95. The topological polar surface area (TPSA) is 68.7 Å². The molecule has 1 aromatic heterocycles. The van der Waals surface area contributed by atoms with E-state index in [-0.39, 0.29) is 11.4 Å². The lowest BCUT2D eigenvalue weighted by atomic mass is 10.1. The third-order valence-corrected chi connectivity index (χ3v) is 2.89. The smallest absolute Gasteiger partial charge is 0.335 e. The minimum absolute atomic E-state index is 0.178. The van der Waals surface area contributed by atoms with E-state index in [1.807, 2.05) is 6.92 Å². The second kappa shape index (κ2) is 6.74. The molecule has 110 valence electrons. The number of carbonyl (C=O) groups is 1. The van der Waals surface area contributed by atoms with Gasteiger partial charge in [-0.2, -0.15) is 0 Å². The second-order valence-corrected chi connectivity index (χ2v) is 4.52. The molecule has 0 amide bonds. The summed E-state index contributed by atoms with van der Waals surface area (Å²) in [7, 11) is 1.59. The largest absolute Gasteiger partial charge is 0.497 e. The predicted octanol–water partition coefficient (Wildman–Crippen LogP) is 3.53. The lowest BCUT2D eigenvalue weighted by Gasteiger charge is -2.08. The summed E-state index contributed by atoms with van der Waals surface area (Å²) in [5.41, 5.74) is 0.887. The van der Waals surface area contributed by atoms with Crippen LogP contribution >= 0.6 is 0 Å². The van der Waals surface area contributed by atoms with Crippen molar-refractivity contribution in [3.8, 4) is 17.4 Å². The van der Waals surface area contributed by atoms with Gasteiger partial charge in [0.15, 0.2) is 0 Å². The SMILES string of the molecule is CCCc1cc(C(=O)O)cc(Oc2ccc(OC)cc2)n1. The number of aromatic carboxylic acids is 1. The monoisotopic (exact) mass is 287 g/mol. The molecule has 1 aromatic carbocycles. The van der Waals surface area contributed by atoms with E-state index in [1.54, 1.807) is 37.4 Å². The molecule has 0 unspecified atom stereocenters. The van der Waals surface area contributed by atoms with E-state index < -0.39 is 5.97 Å². The fourth-order valence-corrected chi connectivity index (χ4v) is 1.88. The van der Waals surface area contributed by atoms with Crippen molar-refractivity contribution >= 4 is 5.97 Å². The van der Waals surface area contributed by atoms with Crippen LogP contribution in [0.15, 0.2) is 36.4 Å². The van der Waals surface area contributed by atoms with Gasteiger partial charge >= 0.3 is 5.97 Å². The minimum Gasteiger partial charge on any atom is -0.497 e. The molecule has 0 aliphatic carbocycles. The number of methoxy groups -OCH3 is 1. The Morgan fingerprint density at radius 1 is 1.19 bits per heavy atom. The van der Waals surface area contributed by atoms with Crippen LogP contribution in [0, 0.1) is 0 Å². The fourth-order valence-electron chi connectivity index (χ4n) is 1.88. The third-order valence-electron chi connectivity index (χ3n) is 2.89. The second-order valence-electron chi connectivity index (χ2n) is 4.52. The van der Waals surface area contributed by atoms with E-state index in [0.29, 0.717) is 17.9 Å². The molecule has 0 radical (unpaired) electrons. The standard InChI is InChI=1S/C16H17NO4/c1-3-4-12-9-11(16(18)19)10-15(17-12)21-14-7-5-13(20-2)6-8-14/h5-10H,3-4H2,1-2H3,(H,18,19). The zero-order valence-corrected chi connectivity index (χ0v) is 12.0. The number of ether oxygens (including phenoxy) is 2. The molecule has 0 fully saturated rings. The molecule has 1 heterocycles. The number of carboxylic acids is 1. The van der Waals surface area contributed by atoms with Gasteiger partial charge in [0, 0.05) is 11.8 Å². The van der Waals surface area contributed by atoms with Crippen molar-refractivity contribution in [2.75, 3.05) is 7.11 Å². The first-order chi connectivity index (χ1) is 10.1. The van der Waals surface area contributed by atoms with E-state index in [0.717, 1.165) is 12.2 Å². The van der Waals surface area contributed by atoms with Gasteiger partial charge in [0.05, 0.1) is 12.7 Å². The van der Waals surface area contributed by atoms with Gasteiger partial charge in [-0.15, -0.1) is 0 Å². The van der Waals surface area contributed by atoms with Gasteiger partial charge in [-0.3, -0.25) is 0 Å². The molecule has 5 nitrogen and oxygen atoms in total. The van der Waals surface area contributed by atoms with Crippen molar-refractivity contribution in [2.45, 2.75) is 19.8 Å². The van der Waals surface area contributed by atoms with Crippen LogP contribution in [-0.2, 0) is 6.42 Å². The number of rotatable bonds is 6. The maximum atomic E-state index is 11.1. The van der Waals surface area contributed by atoms with Gasteiger partial charge in [0.25, 0.3) is 0 Å². The zero-order chi connectivity index (χ0) is 15.2. The van der Waals surface area contributed by atoms with Crippen LogP contribution in [-0.4, -0.2) is 23.2 Å². The molecular weight excluding hydrogens is 270 g/mol. The van der Waals surface area contributed by atoms with Crippen molar-refractivity contribution in [3.63, 3.8) is 0 Å². The zero-order valence-electron chi connectivity index (χ0n) is 12.0. The van der Waals surface area contributed by atoms with E-state index in [9.17, 15) is 4.79 Å². The molecule has 0 saturated carbocycles. The summed E-state index contributed by atoms with van der Waals surface area (Å²) in [6, 6.07) is 10.0. The first kappa shape index (κ1) is 14.8. The van der Waals surface area contributed by atoms with Crippen LogP contribution in [0.4, 0.5) is 0 Å². The number of aryl methyl sites for hydroxylation is 1. The van der Waals surface area contributed by atoms with Crippen LogP contribution in [0.1, 0.15) is 29.4 Å². The minimum atomic E-state index is -0.991. The average Bonchev–Trinajstić information content (AvgIpc) is 2.48. The Balaban J connectivity index is 2.26. The Hall–Kier alpha value is -2.56. The van der Waals surface area contributed by atoms with Crippen molar-refractivity contribution in [1.29, 1.82) is 0 Å². The highest BCUT2D eigenvalue weighted by molar-refractivity contribution is 5.88. The molecule has 5 heteroatoms. The highest BCUT2D eigenvalue weighted by Crippen LogP contribution is 2.24. The van der Waals surface area contributed by atoms with Crippen molar-refractivity contribution in [1.82, 2.24) is 4.98 Å². The first-order valence-corrected chi connectivity index (χ1v) is 6.68. The summed E-state index contributed by atoms with van der Waals surface area (Å²) in [6.07, 6.45) is 1.60. The first-order valence-electron chi connectivity index (χ1n) is 6.68. The van der Waals surface area contributed by atoms with Gasteiger partial charge in [0.1, 0.15) is 11.5 Å². The molecule has 2 aromatic rings. The number of pyridine rings is 1. The van der Waals surface area contributed by atoms with E-state index >= 15 is 0 Å². The number of hydrogen-bond acceptors (Lipinski definition) is 4. The van der Waals surface area contributed by atoms with Gasteiger partial charge < -0.3 is 14.6 Å².